The Bertz CT molecular complexity index is 645. The van der Waals surface area contributed by atoms with E-state index < -0.39 is 12.1 Å². The van der Waals surface area contributed by atoms with Crippen LogP contribution in [0.25, 0.3) is 0 Å². The Morgan fingerprint density at radius 2 is 1.48 bits per heavy atom. The molecule has 21 heavy (non-hydrogen) atoms. The Labute approximate surface area is 123 Å². The lowest BCUT2D eigenvalue weighted by molar-refractivity contribution is 0.0319. The maximum absolute atomic E-state index is 12.2. The van der Waals surface area contributed by atoms with Crippen LogP contribution in [-0.2, 0) is 4.74 Å². The second-order valence-corrected chi connectivity index (χ2v) is 4.90. The van der Waals surface area contributed by atoms with Crippen LogP contribution >= 0.6 is 0 Å². The molecular weight excluding hydrogens is 266 g/mol. The zero-order valence-corrected chi connectivity index (χ0v) is 12.0. The third-order valence-corrected chi connectivity index (χ3v) is 3.14. The largest absolute Gasteiger partial charge is 0.451 e. The molecular formula is C17H17NO3. The Kier molecular flexibility index (Phi) is 4.38. The molecule has 1 atom stereocenters. The molecule has 2 N–H and O–H groups in total. The zero-order chi connectivity index (χ0) is 15.4. The van der Waals surface area contributed by atoms with Crippen molar-refractivity contribution in [1.82, 2.24) is 0 Å². The molecule has 0 fully saturated rings. The number of nitrogens with two attached hydrogens (primary N) is 1. The summed E-state index contributed by atoms with van der Waals surface area (Å²) in [5.74, 6) is -0.762. The van der Waals surface area contributed by atoms with Crippen molar-refractivity contribution in [3.63, 3.8) is 0 Å². The van der Waals surface area contributed by atoms with Gasteiger partial charge in [0.15, 0.2) is 6.10 Å². The van der Waals surface area contributed by atoms with Gasteiger partial charge in [0.25, 0.3) is 0 Å². The lowest BCUT2D eigenvalue weighted by Gasteiger charge is -2.12. The minimum Gasteiger partial charge on any atom is -0.451 e. The fourth-order valence-electron chi connectivity index (χ4n) is 1.85. The normalized spacial score (nSPS) is 11.7. The smallest absolute Gasteiger partial charge is 0.338 e. The number of rotatable bonds is 4. The van der Waals surface area contributed by atoms with Crippen molar-refractivity contribution in [1.29, 1.82) is 0 Å². The van der Waals surface area contributed by atoms with E-state index in [4.69, 9.17) is 10.5 Å². The highest BCUT2D eigenvalue weighted by atomic mass is 16.5. The summed E-state index contributed by atoms with van der Waals surface area (Å²) >= 11 is 0. The number of carbonyl (C=O) groups is 2. The Hall–Kier alpha value is -2.62. The number of aryl methyl sites for hydroxylation is 1. The molecule has 0 saturated carbocycles. The summed E-state index contributed by atoms with van der Waals surface area (Å²) in [5, 5.41) is 0. The molecule has 0 spiro atoms. The van der Waals surface area contributed by atoms with Crippen LogP contribution in [0.5, 0.6) is 0 Å². The second-order valence-electron chi connectivity index (χ2n) is 4.90. The Morgan fingerprint density at radius 3 is 2.05 bits per heavy atom. The molecule has 4 heteroatoms. The number of Topliss-reactive ketones (excluding diaryl/α,β-unsaturated/α-hetero) is 1. The number of ketones is 1. The molecule has 4 nitrogen and oxygen atoms in total. The molecule has 0 aromatic heterocycles. The van der Waals surface area contributed by atoms with Crippen molar-refractivity contribution in [3.8, 4) is 0 Å². The van der Waals surface area contributed by atoms with Crippen molar-refractivity contribution in [2.75, 3.05) is 5.73 Å². The van der Waals surface area contributed by atoms with Gasteiger partial charge in [0, 0.05) is 11.3 Å². The van der Waals surface area contributed by atoms with E-state index >= 15 is 0 Å². The first-order valence-electron chi connectivity index (χ1n) is 6.65. The van der Waals surface area contributed by atoms with Crippen molar-refractivity contribution in [2.24, 2.45) is 0 Å². The first-order valence-corrected chi connectivity index (χ1v) is 6.65. The van der Waals surface area contributed by atoms with Crippen molar-refractivity contribution < 1.29 is 14.3 Å². The molecule has 108 valence electrons. The average Bonchev–Trinajstić information content (AvgIpc) is 2.47. The molecule has 0 saturated heterocycles. The summed E-state index contributed by atoms with van der Waals surface area (Å²) < 4.78 is 5.19. The van der Waals surface area contributed by atoms with Crippen LogP contribution in [0.3, 0.4) is 0 Å². The number of hydrogen-bond donors (Lipinski definition) is 1. The van der Waals surface area contributed by atoms with Gasteiger partial charge in [-0.1, -0.05) is 29.8 Å². The van der Waals surface area contributed by atoms with Gasteiger partial charge in [0.1, 0.15) is 0 Å². The van der Waals surface area contributed by atoms with Gasteiger partial charge in [-0.15, -0.1) is 0 Å². The highest BCUT2D eigenvalue weighted by Crippen LogP contribution is 2.12. The minimum absolute atomic E-state index is 0.223. The van der Waals surface area contributed by atoms with Gasteiger partial charge in [-0.2, -0.15) is 0 Å². The molecule has 2 aromatic carbocycles. The first-order chi connectivity index (χ1) is 9.97. The number of hydrogen-bond acceptors (Lipinski definition) is 4. The number of esters is 1. The molecule has 2 aromatic rings. The van der Waals surface area contributed by atoms with Gasteiger partial charge in [-0.25, -0.2) is 4.79 Å². The summed E-state index contributed by atoms with van der Waals surface area (Å²) in [5.41, 5.74) is 8.09. The van der Waals surface area contributed by atoms with E-state index in [2.05, 4.69) is 0 Å². The summed E-state index contributed by atoms with van der Waals surface area (Å²) in [7, 11) is 0. The van der Waals surface area contributed by atoms with E-state index in [9.17, 15) is 9.59 Å². The van der Waals surface area contributed by atoms with Gasteiger partial charge >= 0.3 is 5.97 Å². The summed E-state index contributed by atoms with van der Waals surface area (Å²) in [6.07, 6.45) is -0.835. The van der Waals surface area contributed by atoms with E-state index in [1.54, 1.807) is 43.3 Å². The van der Waals surface area contributed by atoms with E-state index in [-0.39, 0.29) is 5.78 Å². The monoisotopic (exact) mass is 283 g/mol. The third-order valence-electron chi connectivity index (χ3n) is 3.14. The number of ether oxygens (including phenoxy) is 1. The fourth-order valence-corrected chi connectivity index (χ4v) is 1.85. The SMILES string of the molecule is Cc1ccc(C(=O)C(C)OC(=O)c2ccc(N)cc2)cc1. The summed E-state index contributed by atoms with van der Waals surface area (Å²) in [6, 6.07) is 13.5. The van der Waals surface area contributed by atoms with Crippen molar-refractivity contribution in [2.45, 2.75) is 20.0 Å². The molecule has 0 aliphatic heterocycles. The Morgan fingerprint density at radius 1 is 0.952 bits per heavy atom. The average molecular weight is 283 g/mol. The minimum atomic E-state index is -0.835. The molecule has 0 bridgehead atoms. The molecule has 0 amide bonds. The number of benzene rings is 2. The molecule has 1 unspecified atom stereocenters. The lowest BCUT2D eigenvalue weighted by atomic mass is 10.1. The maximum Gasteiger partial charge on any atom is 0.338 e. The zero-order valence-electron chi connectivity index (χ0n) is 12.0. The van der Waals surface area contributed by atoms with Crippen LogP contribution in [0.2, 0.25) is 0 Å². The highest BCUT2D eigenvalue weighted by Gasteiger charge is 2.20. The van der Waals surface area contributed by atoms with E-state index in [1.165, 1.54) is 0 Å². The highest BCUT2D eigenvalue weighted by molar-refractivity contribution is 6.01. The molecule has 0 heterocycles. The van der Waals surface area contributed by atoms with Crippen LogP contribution in [0, 0.1) is 6.92 Å². The van der Waals surface area contributed by atoms with Crippen LogP contribution in [0.1, 0.15) is 33.2 Å². The van der Waals surface area contributed by atoms with E-state index in [0.717, 1.165) is 5.56 Å². The number of carbonyl (C=O) groups excluding carboxylic acids is 2. The first kappa shape index (κ1) is 14.8. The van der Waals surface area contributed by atoms with E-state index in [1.807, 2.05) is 19.1 Å². The van der Waals surface area contributed by atoms with Crippen LogP contribution in [-0.4, -0.2) is 17.9 Å². The van der Waals surface area contributed by atoms with Gasteiger partial charge in [-0.05, 0) is 38.1 Å². The molecule has 0 radical (unpaired) electrons. The second kappa shape index (κ2) is 6.22. The topological polar surface area (TPSA) is 69.4 Å². The standard InChI is InChI=1S/C17H17NO3/c1-11-3-5-13(6-4-11)16(19)12(2)21-17(20)14-7-9-15(18)10-8-14/h3-10,12H,18H2,1-2H3. The number of nitrogen functional groups attached to an aromatic ring is 1. The van der Waals surface area contributed by atoms with E-state index in [0.29, 0.717) is 16.8 Å². The van der Waals surface area contributed by atoms with Crippen molar-refractivity contribution >= 4 is 17.4 Å². The van der Waals surface area contributed by atoms with Crippen LogP contribution in [0.4, 0.5) is 5.69 Å². The van der Waals surface area contributed by atoms with Gasteiger partial charge < -0.3 is 10.5 Å². The summed E-state index contributed by atoms with van der Waals surface area (Å²) in [4.78, 5) is 24.1. The Balaban J connectivity index is 2.05. The van der Waals surface area contributed by atoms with Gasteiger partial charge in [0.2, 0.25) is 5.78 Å². The predicted octanol–water partition coefficient (Wildman–Crippen LogP) is 3.01. The lowest BCUT2D eigenvalue weighted by Crippen LogP contribution is -2.24. The van der Waals surface area contributed by atoms with Crippen LogP contribution in [0.15, 0.2) is 48.5 Å². The molecule has 0 aliphatic rings. The quantitative estimate of drug-likeness (QED) is 0.532. The molecule has 0 aliphatic carbocycles. The van der Waals surface area contributed by atoms with Gasteiger partial charge in [0.05, 0.1) is 5.56 Å². The van der Waals surface area contributed by atoms with Crippen molar-refractivity contribution in [3.05, 3.63) is 65.2 Å². The van der Waals surface area contributed by atoms with Gasteiger partial charge in [-0.3, -0.25) is 4.79 Å². The maximum atomic E-state index is 12.2. The predicted molar refractivity (Wildman–Crippen MR) is 81.2 cm³/mol. The summed E-state index contributed by atoms with van der Waals surface area (Å²) in [6.45, 7) is 3.51. The van der Waals surface area contributed by atoms with Crippen LogP contribution < -0.4 is 5.73 Å². The fraction of sp³-hybridized carbons (Fsp3) is 0.176. The third kappa shape index (κ3) is 3.69. The number of anilines is 1. The molecule has 2 rings (SSSR count).